The Labute approximate surface area is 101 Å². The lowest BCUT2D eigenvalue weighted by Gasteiger charge is -2.20. The van der Waals surface area contributed by atoms with Crippen molar-refractivity contribution >= 4 is 0 Å². The predicted molar refractivity (Wildman–Crippen MR) is 69.8 cm³/mol. The second-order valence-electron chi connectivity index (χ2n) is 4.94. The molecule has 0 amide bonds. The lowest BCUT2D eigenvalue weighted by molar-refractivity contribution is 0.116. The van der Waals surface area contributed by atoms with Gasteiger partial charge in [-0.05, 0) is 38.6 Å². The minimum absolute atomic E-state index is 0.917. The Bertz CT molecular complexity index is 157. The van der Waals surface area contributed by atoms with Gasteiger partial charge in [0.05, 0.1) is 0 Å². The Kier molecular flexibility index (Phi) is 7.87. The van der Waals surface area contributed by atoms with Gasteiger partial charge in [-0.1, -0.05) is 26.7 Å². The van der Waals surface area contributed by atoms with Crippen LogP contribution >= 0.6 is 0 Å². The molecule has 1 fully saturated rings. The van der Waals surface area contributed by atoms with Crippen LogP contribution in [0.5, 0.6) is 0 Å². The number of ether oxygens (including phenoxy) is 1. The molecule has 0 atom stereocenters. The fourth-order valence-corrected chi connectivity index (χ4v) is 2.13. The molecule has 2 heteroatoms. The standard InChI is InChI=1S/C14H29NO/c1-3-5-6-12-16-13-7-11-15(10-4-2)14-8-9-14/h14H,3-13H2,1-2H3. The molecule has 0 heterocycles. The third-order valence-corrected chi connectivity index (χ3v) is 3.20. The van der Waals surface area contributed by atoms with E-state index in [-0.39, 0.29) is 0 Å². The van der Waals surface area contributed by atoms with Crippen LogP contribution in [0.1, 0.15) is 58.8 Å². The summed E-state index contributed by atoms with van der Waals surface area (Å²) in [5.41, 5.74) is 0. The Morgan fingerprint density at radius 1 is 0.938 bits per heavy atom. The Morgan fingerprint density at radius 3 is 2.31 bits per heavy atom. The van der Waals surface area contributed by atoms with Crippen molar-refractivity contribution in [1.82, 2.24) is 4.90 Å². The summed E-state index contributed by atoms with van der Waals surface area (Å²) >= 11 is 0. The molecule has 0 unspecified atom stereocenters. The van der Waals surface area contributed by atoms with E-state index in [1.165, 1.54) is 58.0 Å². The molecule has 0 aromatic carbocycles. The molecule has 16 heavy (non-hydrogen) atoms. The van der Waals surface area contributed by atoms with E-state index < -0.39 is 0 Å². The van der Waals surface area contributed by atoms with E-state index in [1.54, 1.807) is 0 Å². The topological polar surface area (TPSA) is 12.5 Å². The van der Waals surface area contributed by atoms with E-state index >= 15 is 0 Å². The summed E-state index contributed by atoms with van der Waals surface area (Å²) in [6.07, 6.45) is 9.18. The van der Waals surface area contributed by atoms with Gasteiger partial charge in [0.2, 0.25) is 0 Å². The minimum atomic E-state index is 0.917. The lowest BCUT2D eigenvalue weighted by Crippen LogP contribution is -2.28. The van der Waals surface area contributed by atoms with Crippen molar-refractivity contribution < 1.29 is 4.74 Å². The molecule has 1 aliphatic rings. The summed E-state index contributed by atoms with van der Waals surface area (Å²) in [5, 5.41) is 0. The van der Waals surface area contributed by atoms with E-state index in [9.17, 15) is 0 Å². The van der Waals surface area contributed by atoms with Gasteiger partial charge in [-0.3, -0.25) is 0 Å². The van der Waals surface area contributed by atoms with Crippen molar-refractivity contribution in [2.45, 2.75) is 64.8 Å². The van der Waals surface area contributed by atoms with Gasteiger partial charge in [-0.2, -0.15) is 0 Å². The molecule has 0 aromatic rings. The largest absolute Gasteiger partial charge is 0.381 e. The van der Waals surface area contributed by atoms with Crippen LogP contribution in [0.2, 0.25) is 0 Å². The van der Waals surface area contributed by atoms with Crippen molar-refractivity contribution in [1.29, 1.82) is 0 Å². The second kappa shape index (κ2) is 9.00. The summed E-state index contributed by atoms with van der Waals surface area (Å²) < 4.78 is 5.64. The third-order valence-electron chi connectivity index (χ3n) is 3.20. The summed E-state index contributed by atoms with van der Waals surface area (Å²) in [7, 11) is 0. The quantitative estimate of drug-likeness (QED) is 0.501. The highest BCUT2D eigenvalue weighted by atomic mass is 16.5. The third kappa shape index (κ3) is 6.49. The van der Waals surface area contributed by atoms with Crippen LogP contribution in [0.15, 0.2) is 0 Å². The van der Waals surface area contributed by atoms with Crippen LogP contribution in [0.25, 0.3) is 0 Å². The van der Waals surface area contributed by atoms with Gasteiger partial charge in [-0.15, -0.1) is 0 Å². The zero-order valence-corrected chi connectivity index (χ0v) is 11.2. The van der Waals surface area contributed by atoms with Gasteiger partial charge in [0.15, 0.2) is 0 Å². The molecule has 0 N–H and O–H groups in total. The fourth-order valence-electron chi connectivity index (χ4n) is 2.13. The first-order chi connectivity index (χ1) is 7.88. The van der Waals surface area contributed by atoms with E-state index in [2.05, 4.69) is 18.7 Å². The molecule has 0 radical (unpaired) electrons. The Morgan fingerprint density at radius 2 is 1.69 bits per heavy atom. The first-order valence-corrected chi connectivity index (χ1v) is 7.20. The van der Waals surface area contributed by atoms with Crippen molar-refractivity contribution in [2.75, 3.05) is 26.3 Å². The van der Waals surface area contributed by atoms with Crippen LogP contribution in [-0.2, 0) is 4.74 Å². The summed E-state index contributed by atoms with van der Waals surface area (Å²) in [6.45, 7) is 8.95. The number of unbranched alkanes of at least 4 members (excludes halogenated alkanes) is 2. The first kappa shape index (κ1) is 14.0. The smallest absolute Gasteiger partial charge is 0.0478 e. The van der Waals surface area contributed by atoms with Gasteiger partial charge in [0.1, 0.15) is 0 Å². The maximum atomic E-state index is 5.64. The molecule has 1 rings (SSSR count). The molecule has 0 spiro atoms. The number of hydrogen-bond donors (Lipinski definition) is 0. The van der Waals surface area contributed by atoms with Crippen LogP contribution in [0.3, 0.4) is 0 Å². The second-order valence-corrected chi connectivity index (χ2v) is 4.94. The monoisotopic (exact) mass is 227 g/mol. The number of rotatable bonds is 11. The molecule has 96 valence electrons. The predicted octanol–water partition coefficient (Wildman–Crippen LogP) is 3.46. The zero-order chi connectivity index (χ0) is 11.6. The van der Waals surface area contributed by atoms with Gasteiger partial charge in [0.25, 0.3) is 0 Å². The number of nitrogens with zero attached hydrogens (tertiary/aromatic N) is 1. The zero-order valence-electron chi connectivity index (χ0n) is 11.2. The van der Waals surface area contributed by atoms with E-state index in [0.717, 1.165) is 19.3 Å². The summed E-state index contributed by atoms with van der Waals surface area (Å²) in [4.78, 5) is 2.65. The van der Waals surface area contributed by atoms with Crippen molar-refractivity contribution in [3.05, 3.63) is 0 Å². The highest BCUT2D eigenvalue weighted by Crippen LogP contribution is 2.26. The molecule has 0 saturated heterocycles. The van der Waals surface area contributed by atoms with Crippen LogP contribution < -0.4 is 0 Å². The Hall–Kier alpha value is -0.0800. The molecule has 0 bridgehead atoms. The highest BCUT2D eigenvalue weighted by molar-refractivity contribution is 4.84. The summed E-state index contributed by atoms with van der Waals surface area (Å²) in [5.74, 6) is 0. The van der Waals surface area contributed by atoms with Gasteiger partial charge >= 0.3 is 0 Å². The molecular formula is C14H29NO. The highest BCUT2D eigenvalue weighted by Gasteiger charge is 2.27. The van der Waals surface area contributed by atoms with Crippen molar-refractivity contribution in [2.24, 2.45) is 0 Å². The van der Waals surface area contributed by atoms with Crippen LogP contribution in [0, 0.1) is 0 Å². The fraction of sp³-hybridized carbons (Fsp3) is 1.00. The number of hydrogen-bond acceptors (Lipinski definition) is 2. The first-order valence-electron chi connectivity index (χ1n) is 7.20. The minimum Gasteiger partial charge on any atom is -0.381 e. The van der Waals surface area contributed by atoms with E-state index in [4.69, 9.17) is 4.74 Å². The van der Waals surface area contributed by atoms with E-state index in [0.29, 0.717) is 0 Å². The average molecular weight is 227 g/mol. The SMILES string of the molecule is CCCCCOCCCN(CCC)C1CC1. The molecule has 0 aromatic heterocycles. The van der Waals surface area contributed by atoms with Gasteiger partial charge < -0.3 is 9.64 Å². The Balaban J connectivity index is 1.88. The average Bonchev–Trinajstić information content (AvgIpc) is 3.10. The molecule has 0 aliphatic heterocycles. The van der Waals surface area contributed by atoms with Crippen molar-refractivity contribution in [3.8, 4) is 0 Å². The van der Waals surface area contributed by atoms with Crippen LogP contribution in [-0.4, -0.2) is 37.2 Å². The van der Waals surface area contributed by atoms with E-state index in [1.807, 2.05) is 0 Å². The molecule has 2 nitrogen and oxygen atoms in total. The molecule has 1 saturated carbocycles. The molecule has 1 aliphatic carbocycles. The summed E-state index contributed by atoms with van der Waals surface area (Å²) in [6, 6.07) is 0.917. The lowest BCUT2D eigenvalue weighted by atomic mass is 10.3. The maximum Gasteiger partial charge on any atom is 0.0478 e. The maximum absolute atomic E-state index is 5.64. The normalized spacial score (nSPS) is 15.9. The van der Waals surface area contributed by atoms with Crippen LogP contribution in [0.4, 0.5) is 0 Å². The van der Waals surface area contributed by atoms with Gasteiger partial charge in [0, 0.05) is 25.8 Å². The van der Waals surface area contributed by atoms with Gasteiger partial charge in [-0.25, -0.2) is 0 Å². The van der Waals surface area contributed by atoms with Crippen molar-refractivity contribution in [3.63, 3.8) is 0 Å². The molecular weight excluding hydrogens is 198 g/mol.